The number of aliphatic hydroxyl groups is 1. The zero-order valence-electron chi connectivity index (χ0n) is 21.4. The first-order valence-electron chi connectivity index (χ1n) is 12.2. The molecule has 0 saturated carbocycles. The van der Waals surface area contributed by atoms with Gasteiger partial charge in [0, 0.05) is 30.1 Å². The molecule has 3 aromatic rings. The fourth-order valence-corrected chi connectivity index (χ4v) is 4.05. The van der Waals surface area contributed by atoms with Gasteiger partial charge in [0.25, 0.3) is 5.91 Å². The Morgan fingerprint density at radius 2 is 1.76 bits per heavy atom. The molecule has 0 aromatic heterocycles. The molecule has 3 rings (SSSR count). The van der Waals surface area contributed by atoms with E-state index in [4.69, 9.17) is 0 Å². The molecule has 3 aromatic carbocycles. The lowest BCUT2D eigenvalue weighted by atomic mass is 9.84. The van der Waals surface area contributed by atoms with E-state index in [2.05, 4.69) is 16.0 Å². The standard InChI is InChI=1S/C29H35N3O5/c1-19(30-16-27(36)21-7-12-26(35)25(15-21)32-18-33)13-20-5-4-6-22(14-20)28(37)31-17-29(2,3)23-8-10-24(34)11-9-23/h4-12,14-15,18-19,27,30,34-36H,13,16-17H2,1-3H3,(H,31,37)(H,32,33)/t19?,27-/m1/s1. The zero-order valence-corrected chi connectivity index (χ0v) is 21.4. The molecule has 1 unspecified atom stereocenters. The number of hydrogen-bond donors (Lipinski definition) is 6. The Morgan fingerprint density at radius 1 is 1.03 bits per heavy atom. The molecule has 0 aliphatic carbocycles. The number of hydrogen-bond acceptors (Lipinski definition) is 6. The molecule has 0 aliphatic rings. The molecule has 0 spiro atoms. The molecule has 6 N–H and O–H groups in total. The number of rotatable bonds is 12. The second-order valence-electron chi connectivity index (χ2n) is 9.88. The summed E-state index contributed by atoms with van der Waals surface area (Å²) >= 11 is 0. The highest BCUT2D eigenvalue weighted by Crippen LogP contribution is 2.27. The van der Waals surface area contributed by atoms with Gasteiger partial charge >= 0.3 is 0 Å². The fourth-order valence-electron chi connectivity index (χ4n) is 4.05. The topological polar surface area (TPSA) is 131 Å². The Bertz CT molecular complexity index is 1210. The Hall–Kier alpha value is -3.88. The molecule has 0 bridgehead atoms. The number of phenolic OH excluding ortho intramolecular Hbond substituents is 2. The van der Waals surface area contributed by atoms with Crippen LogP contribution in [0, 0.1) is 0 Å². The van der Waals surface area contributed by atoms with Crippen molar-refractivity contribution in [3.05, 3.63) is 89.0 Å². The molecule has 8 heteroatoms. The van der Waals surface area contributed by atoms with Crippen LogP contribution < -0.4 is 16.0 Å². The number of benzene rings is 3. The molecule has 196 valence electrons. The summed E-state index contributed by atoms with van der Waals surface area (Å²) in [5.41, 5.74) is 3.08. The van der Waals surface area contributed by atoms with Crippen LogP contribution in [0.5, 0.6) is 11.5 Å². The highest BCUT2D eigenvalue weighted by atomic mass is 16.3. The van der Waals surface area contributed by atoms with E-state index in [1.165, 1.54) is 12.1 Å². The number of carbonyl (C=O) groups is 2. The molecule has 37 heavy (non-hydrogen) atoms. The Balaban J connectivity index is 1.53. The van der Waals surface area contributed by atoms with E-state index < -0.39 is 6.10 Å². The number of nitrogens with one attached hydrogen (secondary N) is 3. The van der Waals surface area contributed by atoms with Crippen LogP contribution in [0.25, 0.3) is 0 Å². The maximum Gasteiger partial charge on any atom is 0.251 e. The lowest BCUT2D eigenvalue weighted by molar-refractivity contribution is -0.105. The van der Waals surface area contributed by atoms with Gasteiger partial charge < -0.3 is 31.3 Å². The van der Waals surface area contributed by atoms with E-state index in [0.717, 1.165) is 11.1 Å². The second kappa shape index (κ2) is 12.4. The van der Waals surface area contributed by atoms with Crippen molar-refractivity contribution in [2.75, 3.05) is 18.4 Å². The first kappa shape index (κ1) is 27.7. The van der Waals surface area contributed by atoms with Crippen LogP contribution in [0.3, 0.4) is 0 Å². The fraction of sp³-hybridized carbons (Fsp3) is 0.310. The van der Waals surface area contributed by atoms with E-state index >= 15 is 0 Å². The van der Waals surface area contributed by atoms with Gasteiger partial charge in [0.05, 0.1) is 11.8 Å². The molecule has 0 saturated heterocycles. The minimum absolute atomic E-state index is 0.0195. The monoisotopic (exact) mass is 505 g/mol. The summed E-state index contributed by atoms with van der Waals surface area (Å²) in [6.07, 6.45) is 0.293. The van der Waals surface area contributed by atoms with Crippen molar-refractivity contribution in [1.82, 2.24) is 10.6 Å². The molecule has 8 nitrogen and oxygen atoms in total. The van der Waals surface area contributed by atoms with Crippen LogP contribution in [0.2, 0.25) is 0 Å². The third kappa shape index (κ3) is 7.80. The summed E-state index contributed by atoms with van der Waals surface area (Å²) in [5, 5.41) is 38.5. The minimum atomic E-state index is -0.829. The van der Waals surface area contributed by atoms with Crippen molar-refractivity contribution in [3.63, 3.8) is 0 Å². The van der Waals surface area contributed by atoms with E-state index in [0.29, 0.717) is 30.5 Å². The van der Waals surface area contributed by atoms with E-state index in [-0.39, 0.29) is 41.1 Å². The number of carbonyl (C=O) groups excluding carboxylic acids is 2. The zero-order chi connectivity index (χ0) is 27.0. The molecule has 2 atom stereocenters. The normalized spacial score (nSPS) is 13.0. The first-order chi connectivity index (χ1) is 17.6. The summed E-state index contributed by atoms with van der Waals surface area (Å²) in [7, 11) is 0. The second-order valence-corrected chi connectivity index (χ2v) is 9.88. The van der Waals surface area contributed by atoms with E-state index in [1.807, 2.05) is 51.1 Å². The molecule has 0 radical (unpaired) electrons. The van der Waals surface area contributed by atoms with Crippen molar-refractivity contribution in [3.8, 4) is 11.5 Å². The lowest BCUT2D eigenvalue weighted by Gasteiger charge is -2.26. The van der Waals surface area contributed by atoms with Gasteiger partial charge in [0.1, 0.15) is 11.5 Å². The predicted octanol–water partition coefficient (Wildman–Crippen LogP) is 3.63. The number of anilines is 1. The van der Waals surface area contributed by atoms with Crippen LogP contribution in [0.15, 0.2) is 66.7 Å². The van der Waals surface area contributed by atoms with Gasteiger partial charge in [-0.05, 0) is 66.4 Å². The van der Waals surface area contributed by atoms with Crippen LogP contribution in [0.1, 0.15) is 53.9 Å². The van der Waals surface area contributed by atoms with Gasteiger partial charge in [-0.3, -0.25) is 9.59 Å². The van der Waals surface area contributed by atoms with E-state index in [1.54, 1.807) is 24.3 Å². The molecular weight excluding hydrogens is 470 g/mol. The van der Waals surface area contributed by atoms with Gasteiger partial charge in [-0.1, -0.05) is 44.2 Å². The lowest BCUT2D eigenvalue weighted by Crippen LogP contribution is -2.36. The minimum Gasteiger partial charge on any atom is -0.508 e. The summed E-state index contributed by atoms with van der Waals surface area (Å²) in [5.74, 6) is -0.0194. The Labute approximate surface area is 217 Å². The van der Waals surface area contributed by atoms with E-state index in [9.17, 15) is 24.9 Å². The maximum atomic E-state index is 12.8. The quantitative estimate of drug-likeness (QED) is 0.165. The predicted molar refractivity (Wildman–Crippen MR) is 144 cm³/mol. The molecule has 2 amide bonds. The van der Waals surface area contributed by atoms with Crippen molar-refractivity contribution in [2.45, 2.75) is 44.8 Å². The molecular formula is C29H35N3O5. The number of aromatic hydroxyl groups is 2. The number of aliphatic hydroxyl groups excluding tert-OH is 1. The van der Waals surface area contributed by atoms with Crippen LogP contribution >= 0.6 is 0 Å². The third-order valence-electron chi connectivity index (χ3n) is 6.35. The highest BCUT2D eigenvalue weighted by molar-refractivity contribution is 5.94. The number of phenols is 2. The van der Waals surface area contributed by atoms with Crippen molar-refractivity contribution in [2.24, 2.45) is 0 Å². The summed E-state index contributed by atoms with van der Waals surface area (Å²) in [6, 6.07) is 19.1. The summed E-state index contributed by atoms with van der Waals surface area (Å²) < 4.78 is 0. The largest absolute Gasteiger partial charge is 0.508 e. The first-order valence-corrected chi connectivity index (χ1v) is 12.2. The molecule has 0 fully saturated rings. The Morgan fingerprint density at radius 3 is 2.46 bits per heavy atom. The molecule has 0 aliphatic heterocycles. The van der Waals surface area contributed by atoms with Gasteiger partial charge in [-0.15, -0.1) is 0 Å². The Kier molecular flexibility index (Phi) is 9.27. The van der Waals surface area contributed by atoms with Crippen LogP contribution in [-0.2, 0) is 16.6 Å². The third-order valence-corrected chi connectivity index (χ3v) is 6.35. The summed E-state index contributed by atoms with van der Waals surface area (Å²) in [4.78, 5) is 23.5. The molecule has 0 heterocycles. The van der Waals surface area contributed by atoms with Crippen molar-refractivity contribution in [1.29, 1.82) is 0 Å². The smallest absolute Gasteiger partial charge is 0.251 e. The average molecular weight is 506 g/mol. The van der Waals surface area contributed by atoms with Gasteiger partial charge in [0.2, 0.25) is 6.41 Å². The average Bonchev–Trinajstić information content (AvgIpc) is 2.87. The van der Waals surface area contributed by atoms with Crippen LogP contribution in [-0.4, -0.2) is 46.8 Å². The SMILES string of the molecule is CC(Cc1cccc(C(=O)NCC(C)(C)c2ccc(O)cc2)c1)NC[C@@H](O)c1ccc(O)c(NC=O)c1. The van der Waals surface area contributed by atoms with Gasteiger partial charge in [-0.25, -0.2) is 0 Å². The van der Waals surface area contributed by atoms with Crippen molar-refractivity contribution < 1.29 is 24.9 Å². The van der Waals surface area contributed by atoms with Gasteiger partial charge in [0.15, 0.2) is 0 Å². The van der Waals surface area contributed by atoms with Gasteiger partial charge in [-0.2, -0.15) is 0 Å². The highest BCUT2D eigenvalue weighted by Gasteiger charge is 2.22. The maximum absolute atomic E-state index is 12.8. The van der Waals surface area contributed by atoms with Crippen molar-refractivity contribution >= 4 is 18.0 Å². The van der Waals surface area contributed by atoms with Crippen LogP contribution in [0.4, 0.5) is 5.69 Å². The number of amides is 2. The summed E-state index contributed by atoms with van der Waals surface area (Å²) in [6.45, 7) is 6.79.